The molecule has 0 aliphatic heterocycles. The number of hydrogen-bond donors (Lipinski definition) is 1. The maximum Gasteiger partial charge on any atom is 0.246 e. The Morgan fingerprint density at radius 1 is 1.23 bits per heavy atom. The average molecular weight is 305 g/mol. The average Bonchev–Trinajstić information content (AvgIpc) is 2.54. The molecule has 0 bridgehead atoms. The Hall–Kier alpha value is -1.97. The zero-order valence-electron chi connectivity index (χ0n) is 13.8. The molecule has 0 aliphatic rings. The van der Waals surface area contributed by atoms with Gasteiger partial charge in [-0.1, -0.05) is 32.8 Å². The van der Waals surface area contributed by atoms with Gasteiger partial charge in [-0.2, -0.15) is 0 Å². The van der Waals surface area contributed by atoms with Crippen LogP contribution in [0.2, 0.25) is 0 Å². The maximum absolute atomic E-state index is 12.3. The van der Waals surface area contributed by atoms with Gasteiger partial charge >= 0.3 is 0 Å². The van der Waals surface area contributed by atoms with E-state index in [1.165, 1.54) is 7.11 Å². The lowest BCUT2D eigenvalue weighted by Crippen LogP contribution is -2.31. The van der Waals surface area contributed by atoms with E-state index in [-0.39, 0.29) is 11.7 Å². The second-order valence-corrected chi connectivity index (χ2v) is 5.30. The molecule has 1 aromatic rings. The van der Waals surface area contributed by atoms with E-state index in [0.29, 0.717) is 5.75 Å². The van der Waals surface area contributed by atoms with Crippen LogP contribution in [-0.4, -0.2) is 36.1 Å². The first-order chi connectivity index (χ1) is 10.6. The van der Waals surface area contributed by atoms with Crippen LogP contribution in [0.25, 0.3) is 6.08 Å². The lowest BCUT2D eigenvalue weighted by Gasteiger charge is -2.20. The van der Waals surface area contributed by atoms with Crippen LogP contribution in [0.1, 0.15) is 45.1 Å². The molecule has 4 heteroatoms. The normalized spacial score (nSPS) is 10.9. The van der Waals surface area contributed by atoms with E-state index in [9.17, 15) is 9.90 Å². The predicted octanol–water partition coefficient (Wildman–Crippen LogP) is 3.84. The molecule has 1 N–H and O–H groups in total. The highest BCUT2D eigenvalue weighted by Gasteiger charge is 2.09. The van der Waals surface area contributed by atoms with Crippen LogP contribution < -0.4 is 4.74 Å². The molecule has 0 aromatic heterocycles. The second kappa shape index (κ2) is 9.87. The van der Waals surface area contributed by atoms with E-state index >= 15 is 0 Å². The Labute approximate surface area is 133 Å². The summed E-state index contributed by atoms with van der Waals surface area (Å²) < 4.78 is 5.07. The van der Waals surface area contributed by atoms with Gasteiger partial charge in [-0.3, -0.25) is 4.79 Å². The Balaban J connectivity index is 2.74. The highest BCUT2D eigenvalue weighted by Crippen LogP contribution is 2.26. The topological polar surface area (TPSA) is 49.8 Å². The summed E-state index contributed by atoms with van der Waals surface area (Å²) in [4.78, 5) is 14.2. The van der Waals surface area contributed by atoms with Gasteiger partial charge < -0.3 is 14.7 Å². The monoisotopic (exact) mass is 305 g/mol. The zero-order chi connectivity index (χ0) is 16.4. The van der Waals surface area contributed by atoms with Gasteiger partial charge in [-0.25, -0.2) is 0 Å². The molecule has 122 valence electrons. The van der Waals surface area contributed by atoms with E-state index in [1.54, 1.807) is 30.4 Å². The first kappa shape index (κ1) is 18.1. The Bertz CT molecular complexity index is 489. The SMILES string of the molecule is CCCCN(CCCC)C(=O)C=Cc1ccc(O)c(OC)c1. The van der Waals surface area contributed by atoms with Crippen molar-refractivity contribution < 1.29 is 14.6 Å². The number of methoxy groups -OCH3 is 1. The molecular formula is C18H27NO3. The number of nitrogens with zero attached hydrogens (tertiary/aromatic N) is 1. The molecular weight excluding hydrogens is 278 g/mol. The summed E-state index contributed by atoms with van der Waals surface area (Å²) in [5.74, 6) is 0.538. The van der Waals surface area contributed by atoms with E-state index in [2.05, 4.69) is 13.8 Å². The van der Waals surface area contributed by atoms with Crippen LogP contribution in [0.15, 0.2) is 24.3 Å². The van der Waals surface area contributed by atoms with E-state index in [4.69, 9.17) is 4.74 Å². The van der Waals surface area contributed by atoms with Crippen molar-refractivity contribution in [1.29, 1.82) is 0 Å². The quantitative estimate of drug-likeness (QED) is 0.705. The minimum atomic E-state index is 0.0361. The van der Waals surface area contributed by atoms with Gasteiger partial charge in [0.2, 0.25) is 5.91 Å². The molecule has 0 fully saturated rings. The van der Waals surface area contributed by atoms with Gasteiger partial charge in [0.25, 0.3) is 0 Å². The van der Waals surface area contributed by atoms with E-state index in [0.717, 1.165) is 44.3 Å². The maximum atomic E-state index is 12.3. The molecule has 1 aromatic carbocycles. The molecule has 0 atom stereocenters. The van der Waals surface area contributed by atoms with Crippen molar-refractivity contribution in [2.75, 3.05) is 20.2 Å². The number of amides is 1. The number of hydrogen-bond acceptors (Lipinski definition) is 3. The summed E-state index contributed by atoms with van der Waals surface area (Å²) >= 11 is 0. The van der Waals surface area contributed by atoms with Crippen LogP contribution in [0.5, 0.6) is 11.5 Å². The highest BCUT2D eigenvalue weighted by atomic mass is 16.5. The second-order valence-electron chi connectivity index (χ2n) is 5.30. The molecule has 0 radical (unpaired) electrons. The predicted molar refractivity (Wildman–Crippen MR) is 90.1 cm³/mol. The van der Waals surface area contributed by atoms with Gasteiger partial charge in [-0.05, 0) is 36.6 Å². The number of carbonyl (C=O) groups excluding carboxylic acids is 1. The molecule has 1 rings (SSSR count). The fraction of sp³-hybridized carbons (Fsp3) is 0.500. The highest BCUT2D eigenvalue weighted by molar-refractivity contribution is 5.91. The summed E-state index contributed by atoms with van der Waals surface area (Å²) in [7, 11) is 1.50. The van der Waals surface area contributed by atoms with Crippen molar-refractivity contribution in [3.05, 3.63) is 29.8 Å². The van der Waals surface area contributed by atoms with Crippen LogP contribution in [0, 0.1) is 0 Å². The molecule has 0 aliphatic carbocycles. The van der Waals surface area contributed by atoms with Crippen molar-refractivity contribution in [3.8, 4) is 11.5 Å². The summed E-state index contributed by atoms with van der Waals surface area (Å²) in [5, 5.41) is 9.57. The first-order valence-corrected chi connectivity index (χ1v) is 7.96. The minimum Gasteiger partial charge on any atom is -0.504 e. The molecule has 0 saturated carbocycles. The van der Waals surface area contributed by atoms with Crippen molar-refractivity contribution in [1.82, 2.24) is 4.90 Å². The number of aromatic hydroxyl groups is 1. The number of ether oxygens (including phenoxy) is 1. The molecule has 1 amide bonds. The Morgan fingerprint density at radius 2 is 1.86 bits per heavy atom. The third-order valence-corrected chi connectivity index (χ3v) is 3.50. The summed E-state index contributed by atoms with van der Waals surface area (Å²) in [6.07, 6.45) is 7.56. The minimum absolute atomic E-state index is 0.0361. The molecule has 0 saturated heterocycles. The third kappa shape index (κ3) is 5.80. The van der Waals surface area contributed by atoms with Gasteiger partial charge in [0.15, 0.2) is 11.5 Å². The molecule has 0 unspecified atom stereocenters. The summed E-state index contributed by atoms with van der Waals surface area (Å²) in [5.41, 5.74) is 0.828. The fourth-order valence-corrected chi connectivity index (χ4v) is 2.10. The van der Waals surface area contributed by atoms with Crippen LogP contribution in [-0.2, 0) is 4.79 Å². The molecule has 0 heterocycles. The molecule has 4 nitrogen and oxygen atoms in total. The van der Waals surface area contributed by atoms with Gasteiger partial charge in [-0.15, -0.1) is 0 Å². The molecule has 22 heavy (non-hydrogen) atoms. The van der Waals surface area contributed by atoms with Crippen molar-refractivity contribution in [2.45, 2.75) is 39.5 Å². The number of unbranched alkanes of at least 4 members (excludes halogenated alkanes) is 2. The fourth-order valence-electron chi connectivity index (χ4n) is 2.10. The van der Waals surface area contributed by atoms with Crippen LogP contribution in [0.3, 0.4) is 0 Å². The number of phenols is 1. The number of benzene rings is 1. The van der Waals surface area contributed by atoms with Gasteiger partial charge in [0.05, 0.1) is 7.11 Å². The number of carbonyl (C=O) groups is 1. The first-order valence-electron chi connectivity index (χ1n) is 7.96. The van der Waals surface area contributed by atoms with Gasteiger partial charge in [0.1, 0.15) is 0 Å². The largest absolute Gasteiger partial charge is 0.504 e. The lowest BCUT2D eigenvalue weighted by molar-refractivity contribution is -0.126. The number of phenolic OH excluding ortho intramolecular Hbond substituents is 1. The van der Waals surface area contributed by atoms with Crippen molar-refractivity contribution >= 4 is 12.0 Å². The third-order valence-electron chi connectivity index (χ3n) is 3.50. The van der Waals surface area contributed by atoms with Crippen LogP contribution >= 0.6 is 0 Å². The van der Waals surface area contributed by atoms with E-state index < -0.39 is 0 Å². The number of rotatable bonds is 9. The Morgan fingerprint density at radius 3 is 2.41 bits per heavy atom. The Kier molecular flexibility index (Phi) is 8.11. The van der Waals surface area contributed by atoms with Gasteiger partial charge in [0, 0.05) is 19.2 Å². The van der Waals surface area contributed by atoms with Crippen molar-refractivity contribution in [2.24, 2.45) is 0 Å². The summed E-state index contributed by atoms with van der Waals surface area (Å²) in [6.45, 7) is 5.86. The van der Waals surface area contributed by atoms with E-state index in [1.807, 2.05) is 4.90 Å². The van der Waals surface area contributed by atoms with Crippen molar-refractivity contribution in [3.63, 3.8) is 0 Å². The lowest BCUT2D eigenvalue weighted by atomic mass is 10.2. The standard InChI is InChI=1S/C18H27NO3/c1-4-6-12-19(13-7-5-2)18(21)11-9-15-8-10-16(20)17(14-15)22-3/h8-11,14,20H,4-7,12-13H2,1-3H3. The summed E-state index contributed by atoms with van der Waals surface area (Å²) in [6, 6.07) is 5.03. The molecule has 0 spiro atoms. The smallest absolute Gasteiger partial charge is 0.246 e. The zero-order valence-corrected chi connectivity index (χ0v) is 13.8. The van der Waals surface area contributed by atoms with Crippen LogP contribution in [0.4, 0.5) is 0 Å².